The van der Waals surface area contributed by atoms with E-state index in [-0.39, 0.29) is 11.3 Å². The van der Waals surface area contributed by atoms with Gasteiger partial charge in [-0.25, -0.2) is 9.29 Å². The number of nitrogens with one attached hydrogen (secondary N) is 1. The van der Waals surface area contributed by atoms with E-state index in [2.05, 4.69) is 5.32 Å². The number of benzene rings is 3. The van der Waals surface area contributed by atoms with Crippen molar-refractivity contribution >= 4 is 40.1 Å². The van der Waals surface area contributed by atoms with Crippen molar-refractivity contribution in [2.75, 3.05) is 48.2 Å². The summed E-state index contributed by atoms with van der Waals surface area (Å²) in [6.45, 7) is 0. The zero-order valence-electron chi connectivity index (χ0n) is 19.0. The monoisotopic (exact) mass is 444 g/mol. The quantitative estimate of drug-likeness (QED) is 0.573. The first-order chi connectivity index (χ1) is 15.8. The van der Waals surface area contributed by atoms with Gasteiger partial charge in [-0.05, 0) is 66.2 Å². The summed E-state index contributed by atoms with van der Waals surface area (Å²) in [6.07, 6.45) is 0. The minimum Gasteiger partial charge on any atom is -0.378 e. The number of hydrogen-bond donors (Lipinski definition) is 1. The zero-order chi connectivity index (χ0) is 23.7. The van der Waals surface area contributed by atoms with Crippen LogP contribution >= 0.6 is 0 Å². The number of nitrogens with zero attached hydrogens (tertiary/aromatic N) is 3. The summed E-state index contributed by atoms with van der Waals surface area (Å²) in [5.41, 5.74) is 3.91. The van der Waals surface area contributed by atoms with Gasteiger partial charge in [-0.3, -0.25) is 9.59 Å². The van der Waals surface area contributed by atoms with E-state index in [1.165, 1.54) is 24.3 Å². The smallest absolute Gasteiger partial charge is 0.282 e. The standard InChI is InChI=1S/C26H25FN4O2/c1-29(2)20-11-9-19(10-12-20)28-24-23(17-5-7-18(27)8-6-17)25(32)31(26(24)33)22-15-13-21(14-16-22)30(3)4/h5-16,28H,1-4H3. The molecule has 0 aromatic heterocycles. The number of halogens is 1. The van der Waals surface area contributed by atoms with Gasteiger partial charge >= 0.3 is 0 Å². The molecule has 0 spiro atoms. The van der Waals surface area contributed by atoms with E-state index >= 15 is 0 Å². The van der Waals surface area contributed by atoms with E-state index in [4.69, 9.17) is 0 Å². The second kappa shape index (κ2) is 8.78. The average Bonchev–Trinajstić information content (AvgIpc) is 3.04. The molecule has 2 amide bonds. The van der Waals surface area contributed by atoms with Crippen molar-refractivity contribution in [1.82, 2.24) is 0 Å². The lowest BCUT2D eigenvalue weighted by atomic mass is 10.0. The Bertz CT molecular complexity index is 1210. The molecule has 4 rings (SSSR count). The second-order valence-electron chi connectivity index (χ2n) is 8.18. The van der Waals surface area contributed by atoms with Gasteiger partial charge in [-0.15, -0.1) is 0 Å². The SMILES string of the molecule is CN(C)c1ccc(NC2=C(c3ccc(F)cc3)C(=O)N(c3ccc(N(C)C)cc3)C2=O)cc1. The molecule has 0 saturated carbocycles. The third kappa shape index (κ3) is 4.30. The van der Waals surface area contributed by atoms with Crippen LogP contribution in [0.3, 0.4) is 0 Å². The Balaban J connectivity index is 1.75. The maximum Gasteiger partial charge on any atom is 0.282 e. The van der Waals surface area contributed by atoms with Crippen molar-refractivity contribution < 1.29 is 14.0 Å². The van der Waals surface area contributed by atoms with Crippen LogP contribution in [0.4, 0.5) is 27.1 Å². The highest BCUT2D eigenvalue weighted by atomic mass is 19.1. The number of amides is 2. The van der Waals surface area contributed by atoms with Gasteiger partial charge in [0.25, 0.3) is 11.8 Å². The van der Waals surface area contributed by atoms with E-state index in [1.807, 2.05) is 74.4 Å². The van der Waals surface area contributed by atoms with Crippen LogP contribution in [0.5, 0.6) is 0 Å². The Labute approximate surface area is 192 Å². The Hall–Kier alpha value is -4.13. The third-order valence-electron chi connectivity index (χ3n) is 5.49. The summed E-state index contributed by atoms with van der Waals surface area (Å²) in [5.74, 6) is -1.34. The summed E-state index contributed by atoms with van der Waals surface area (Å²) in [5, 5.41) is 3.13. The molecular formula is C26H25FN4O2. The Morgan fingerprint density at radius 1 is 0.697 bits per heavy atom. The molecule has 33 heavy (non-hydrogen) atoms. The summed E-state index contributed by atoms with van der Waals surface area (Å²) < 4.78 is 13.5. The Morgan fingerprint density at radius 2 is 1.21 bits per heavy atom. The maximum atomic E-state index is 13.5. The lowest BCUT2D eigenvalue weighted by molar-refractivity contribution is -0.120. The molecule has 1 aliphatic rings. The van der Waals surface area contributed by atoms with Crippen molar-refractivity contribution in [2.24, 2.45) is 0 Å². The lowest BCUT2D eigenvalue weighted by Gasteiger charge is -2.18. The van der Waals surface area contributed by atoms with Gasteiger partial charge in [0.2, 0.25) is 0 Å². The Morgan fingerprint density at radius 3 is 1.73 bits per heavy atom. The summed E-state index contributed by atoms with van der Waals surface area (Å²) in [7, 11) is 7.71. The molecule has 0 radical (unpaired) electrons. The summed E-state index contributed by atoms with van der Waals surface area (Å²) in [4.78, 5) is 32.0. The first kappa shape index (κ1) is 22.1. The van der Waals surface area contributed by atoms with E-state index in [1.54, 1.807) is 12.1 Å². The van der Waals surface area contributed by atoms with Gasteiger partial charge in [0.15, 0.2) is 0 Å². The number of hydrogen-bond acceptors (Lipinski definition) is 5. The van der Waals surface area contributed by atoms with Gasteiger partial charge in [0, 0.05) is 45.3 Å². The fourth-order valence-corrected chi connectivity index (χ4v) is 3.65. The first-order valence-corrected chi connectivity index (χ1v) is 10.5. The normalized spacial score (nSPS) is 13.5. The summed E-state index contributed by atoms with van der Waals surface area (Å²) in [6, 6.07) is 20.3. The van der Waals surface area contributed by atoms with Crippen LogP contribution in [0.25, 0.3) is 5.57 Å². The largest absolute Gasteiger partial charge is 0.378 e. The molecule has 1 heterocycles. The zero-order valence-corrected chi connectivity index (χ0v) is 19.0. The predicted molar refractivity (Wildman–Crippen MR) is 131 cm³/mol. The maximum absolute atomic E-state index is 13.5. The molecule has 1 N–H and O–H groups in total. The number of rotatable bonds is 6. The molecule has 0 atom stereocenters. The van der Waals surface area contributed by atoms with Gasteiger partial charge in [-0.2, -0.15) is 0 Å². The van der Waals surface area contributed by atoms with Gasteiger partial charge in [0.1, 0.15) is 11.5 Å². The first-order valence-electron chi connectivity index (χ1n) is 10.5. The van der Waals surface area contributed by atoms with Crippen LogP contribution in [-0.2, 0) is 9.59 Å². The van der Waals surface area contributed by atoms with Crippen LogP contribution in [-0.4, -0.2) is 40.0 Å². The van der Waals surface area contributed by atoms with Crippen molar-refractivity contribution in [3.63, 3.8) is 0 Å². The van der Waals surface area contributed by atoms with Crippen LogP contribution in [0.15, 0.2) is 78.5 Å². The van der Waals surface area contributed by atoms with Gasteiger partial charge in [0.05, 0.1) is 11.3 Å². The molecular weight excluding hydrogens is 419 g/mol. The number of imide groups is 1. The Kier molecular flexibility index (Phi) is 5.87. The molecule has 7 heteroatoms. The molecule has 0 saturated heterocycles. The fourth-order valence-electron chi connectivity index (χ4n) is 3.65. The van der Waals surface area contributed by atoms with E-state index < -0.39 is 17.6 Å². The van der Waals surface area contributed by atoms with Gasteiger partial charge in [-0.1, -0.05) is 12.1 Å². The van der Waals surface area contributed by atoms with Crippen LogP contribution in [0.1, 0.15) is 5.56 Å². The number of anilines is 4. The van der Waals surface area contributed by atoms with Crippen molar-refractivity contribution in [1.29, 1.82) is 0 Å². The highest BCUT2D eigenvalue weighted by Gasteiger charge is 2.40. The molecule has 0 aliphatic carbocycles. The molecule has 0 bridgehead atoms. The van der Waals surface area contributed by atoms with E-state index in [9.17, 15) is 14.0 Å². The fraction of sp³-hybridized carbons (Fsp3) is 0.154. The molecule has 6 nitrogen and oxygen atoms in total. The van der Waals surface area contributed by atoms with Crippen LogP contribution in [0, 0.1) is 5.82 Å². The predicted octanol–water partition coefficient (Wildman–Crippen LogP) is 4.35. The molecule has 3 aromatic carbocycles. The number of carbonyl (C=O) groups is 2. The number of carbonyl (C=O) groups excluding carboxylic acids is 2. The molecule has 3 aromatic rings. The summed E-state index contributed by atoms with van der Waals surface area (Å²) >= 11 is 0. The molecule has 0 fully saturated rings. The topological polar surface area (TPSA) is 55.9 Å². The molecule has 168 valence electrons. The highest BCUT2D eigenvalue weighted by molar-refractivity contribution is 6.46. The molecule has 0 unspecified atom stereocenters. The van der Waals surface area contributed by atoms with E-state index in [0.29, 0.717) is 16.9 Å². The molecule has 1 aliphatic heterocycles. The average molecular weight is 445 g/mol. The second-order valence-corrected chi connectivity index (χ2v) is 8.18. The van der Waals surface area contributed by atoms with Gasteiger partial charge < -0.3 is 15.1 Å². The highest BCUT2D eigenvalue weighted by Crippen LogP contribution is 2.34. The lowest BCUT2D eigenvalue weighted by Crippen LogP contribution is -2.32. The van der Waals surface area contributed by atoms with E-state index in [0.717, 1.165) is 16.3 Å². The third-order valence-corrected chi connectivity index (χ3v) is 5.49. The van der Waals surface area contributed by atoms with Crippen molar-refractivity contribution in [3.8, 4) is 0 Å². The minimum atomic E-state index is -0.464. The van der Waals surface area contributed by atoms with Crippen molar-refractivity contribution in [3.05, 3.63) is 89.9 Å². The van der Waals surface area contributed by atoms with Crippen LogP contribution < -0.4 is 20.0 Å². The minimum absolute atomic E-state index is 0.154. The van der Waals surface area contributed by atoms with Crippen LogP contribution in [0.2, 0.25) is 0 Å². The van der Waals surface area contributed by atoms with Crippen molar-refractivity contribution in [2.45, 2.75) is 0 Å².